The van der Waals surface area contributed by atoms with Crippen LogP contribution < -0.4 is 0 Å². The van der Waals surface area contributed by atoms with Gasteiger partial charge in [0.15, 0.2) is 0 Å². The molecule has 0 saturated carbocycles. The summed E-state index contributed by atoms with van der Waals surface area (Å²) < 4.78 is 0. The molecule has 3 heteroatoms. The maximum atomic E-state index is 9.01. The summed E-state index contributed by atoms with van der Waals surface area (Å²) >= 11 is 0. The predicted octanol–water partition coefficient (Wildman–Crippen LogP) is 0.610. The molecule has 0 aliphatic heterocycles. The van der Waals surface area contributed by atoms with E-state index in [1.54, 1.807) is 0 Å². The van der Waals surface area contributed by atoms with Crippen LogP contribution in [-0.2, 0) is 0 Å². The Morgan fingerprint density at radius 2 is 2.36 bits per heavy atom. The molecule has 3 nitrogen and oxygen atoms in total. The predicted molar refractivity (Wildman–Crippen MR) is 44.3 cm³/mol. The first-order valence-electron chi connectivity index (χ1n) is 3.66. The summed E-state index contributed by atoms with van der Waals surface area (Å²) in [6, 6.07) is 3.99. The van der Waals surface area contributed by atoms with Crippen molar-refractivity contribution >= 4 is 0 Å². The highest BCUT2D eigenvalue weighted by atomic mass is 16.3. The zero-order chi connectivity index (χ0) is 8.27. The zero-order valence-electron chi connectivity index (χ0n) is 6.91. The van der Waals surface area contributed by atoms with Gasteiger partial charge in [-0.1, -0.05) is 0 Å². The van der Waals surface area contributed by atoms with Crippen molar-refractivity contribution in [1.29, 1.82) is 0 Å². The van der Waals surface area contributed by atoms with Gasteiger partial charge in [-0.25, -0.2) is 0 Å². The first-order valence-corrected chi connectivity index (χ1v) is 3.66. The van der Waals surface area contributed by atoms with Crippen LogP contribution in [0.2, 0.25) is 0 Å². The van der Waals surface area contributed by atoms with Gasteiger partial charge < -0.3 is 10.1 Å². The van der Waals surface area contributed by atoms with Gasteiger partial charge in [0, 0.05) is 11.9 Å². The summed E-state index contributed by atoms with van der Waals surface area (Å²) in [5.41, 5.74) is 1.05. The fraction of sp³-hybridized carbons (Fsp3) is 0.500. The van der Waals surface area contributed by atoms with Crippen LogP contribution in [0.15, 0.2) is 18.3 Å². The molecule has 0 aliphatic rings. The second-order valence-electron chi connectivity index (χ2n) is 2.79. The molecule has 1 rings (SSSR count). The molecular formula is C8H14N2O. The van der Waals surface area contributed by atoms with Crippen molar-refractivity contribution in [3.05, 3.63) is 24.0 Å². The number of hydrogen-bond acceptors (Lipinski definition) is 2. The number of nitrogens with one attached hydrogen (secondary N) is 1. The normalized spacial score (nSPS) is 13.8. The zero-order valence-corrected chi connectivity index (χ0v) is 6.91. The molecule has 1 heterocycles. The summed E-state index contributed by atoms with van der Waals surface area (Å²) in [7, 11) is 3.89. The minimum atomic E-state index is 0.0880. The van der Waals surface area contributed by atoms with E-state index in [1.807, 2.05) is 37.3 Å². The number of hydrogen-bond donors (Lipinski definition) is 2. The van der Waals surface area contributed by atoms with Crippen molar-refractivity contribution in [2.45, 2.75) is 6.04 Å². The molecule has 11 heavy (non-hydrogen) atoms. The second-order valence-corrected chi connectivity index (χ2v) is 2.79. The average molecular weight is 154 g/mol. The molecule has 0 saturated heterocycles. The number of rotatable bonds is 3. The van der Waals surface area contributed by atoms with Crippen LogP contribution in [-0.4, -0.2) is 35.7 Å². The summed E-state index contributed by atoms with van der Waals surface area (Å²) in [6.45, 7) is 0.146. The van der Waals surface area contributed by atoms with Crippen molar-refractivity contribution in [2.24, 2.45) is 0 Å². The van der Waals surface area contributed by atoms with Crippen LogP contribution in [0.25, 0.3) is 0 Å². The second kappa shape index (κ2) is 3.55. The first kappa shape index (κ1) is 8.30. The third-order valence-electron chi connectivity index (χ3n) is 1.78. The molecule has 1 unspecified atom stereocenters. The topological polar surface area (TPSA) is 39.3 Å². The lowest BCUT2D eigenvalue weighted by molar-refractivity contribution is 0.168. The Labute approximate surface area is 66.7 Å². The summed E-state index contributed by atoms with van der Waals surface area (Å²) in [5, 5.41) is 9.01. The van der Waals surface area contributed by atoms with E-state index in [-0.39, 0.29) is 12.6 Å². The van der Waals surface area contributed by atoms with Gasteiger partial charge in [-0.05, 0) is 26.2 Å². The molecule has 1 atom stereocenters. The third kappa shape index (κ3) is 1.82. The van der Waals surface area contributed by atoms with E-state index in [1.165, 1.54) is 0 Å². The Hall–Kier alpha value is -0.800. The van der Waals surface area contributed by atoms with Gasteiger partial charge in [0.2, 0.25) is 0 Å². The number of likely N-dealkylation sites (N-methyl/N-ethyl adjacent to an activating group) is 1. The van der Waals surface area contributed by atoms with Crippen LogP contribution >= 0.6 is 0 Å². The third-order valence-corrected chi connectivity index (χ3v) is 1.78. The molecule has 0 fully saturated rings. The van der Waals surface area contributed by atoms with Crippen molar-refractivity contribution < 1.29 is 5.11 Å². The number of aromatic amines is 1. The summed E-state index contributed by atoms with van der Waals surface area (Å²) in [4.78, 5) is 5.05. The molecule has 0 bridgehead atoms. The molecule has 0 aromatic carbocycles. The van der Waals surface area contributed by atoms with Crippen LogP contribution in [0.5, 0.6) is 0 Å². The van der Waals surface area contributed by atoms with E-state index in [4.69, 9.17) is 5.11 Å². The molecule has 0 aliphatic carbocycles. The van der Waals surface area contributed by atoms with Crippen molar-refractivity contribution in [1.82, 2.24) is 9.88 Å². The molecule has 62 valence electrons. The van der Waals surface area contributed by atoms with E-state index in [2.05, 4.69) is 4.98 Å². The smallest absolute Gasteiger partial charge is 0.0727 e. The highest BCUT2D eigenvalue weighted by Crippen LogP contribution is 2.13. The summed E-state index contributed by atoms with van der Waals surface area (Å²) in [5.74, 6) is 0. The van der Waals surface area contributed by atoms with Crippen LogP contribution in [0.3, 0.4) is 0 Å². The molecule has 2 N–H and O–H groups in total. The fourth-order valence-corrected chi connectivity index (χ4v) is 1.09. The number of aliphatic hydroxyl groups excluding tert-OH is 1. The lowest BCUT2D eigenvalue weighted by Gasteiger charge is -2.20. The van der Waals surface area contributed by atoms with Gasteiger partial charge >= 0.3 is 0 Å². The standard InChI is InChI=1S/C8H14N2O/c1-10(2)8(6-11)7-4-3-5-9-7/h3-5,8-9,11H,6H2,1-2H3. The summed E-state index contributed by atoms with van der Waals surface area (Å²) in [6.07, 6.45) is 1.86. The van der Waals surface area contributed by atoms with E-state index in [9.17, 15) is 0 Å². The molecule has 1 aromatic rings. The van der Waals surface area contributed by atoms with Crippen LogP contribution in [0.1, 0.15) is 11.7 Å². The Bertz CT molecular complexity index is 194. The van der Waals surface area contributed by atoms with Gasteiger partial charge in [-0.3, -0.25) is 4.90 Å². The van der Waals surface area contributed by atoms with Crippen molar-refractivity contribution in [2.75, 3.05) is 20.7 Å². The number of aliphatic hydroxyl groups is 1. The Kier molecular flexibility index (Phi) is 2.68. The highest BCUT2D eigenvalue weighted by molar-refractivity contribution is 5.08. The number of nitrogens with zero attached hydrogens (tertiary/aromatic N) is 1. The number of H-pyrrole nitrogens is 1. The minimum Gasteiger partial charge on any atom is -0.394 e. The molecule has 0 spiro atoms. The highest BCUT2D eigenvalue weighted by Gasteiger charge is 2.12. The lowest BCUT2D eigenvalue weighted by atomic mass is 10.2. The van der Waals surface area contributed by atoms with Crippen molar-refractivity contribution in [3.8, 4) is 0 Å². The number of aromatic nitrogens is 1. The first-order chi connectivity index (χ1) is 5.25. The Morgan fingerprint density at radius 3 is 2.73 bits per heavy atom. The monoisotopic (exact) mass is 154 g/mol. The quantitative estimate of drug-likeness (QED) is 0.669. The van der Waals surface area contributed by atoms with Gasteiger partial charge in [0.1, 0.15) is 0 Å². The van der Waals surface area contributed by atoms with Gasteiger partial charge in [-0.15, -0.1) is 0 Å². The molecule has 0 amide bonds. The average Bonchev–Trinajstić information content (AvgIpc) is 2.40. The van der Waals surface area contributed by atoms with E-state index in [0.717, 1.165) is 5.69 Å². The Balaban J connectivity index is 2.71. The molecular weight excluding hydrogens is 140 g/mol. The maximum absolute atomic E-state index is 9.01. The van der Waals surface area contributed by atoms with E-state index >= 15 is 0 Å². The van der Waals surface area contributed by atoms with Gasteiger partial charge in [-0.2, -0.15) is 0 Å². The fourth-order valence-electron chi connectivity index (χ4n) is 1.09. The lowest BCUT2D eigenvalue weighted by Crippen LogP contribution is -2.23. The molecule has 0 radical (unpaired) electrons. The van der Waals surface area contributed by atoms with Crippen LogP contribution in [0, 0.1) is 0 Å². The van der Waals surface area contributed by atoms with Gasteiger partial charge in [0.05, 0.1) is 12.6 Å². The maximum Gasteiger partial charge on any atom is 0.0727 e. The van der Waals surface area contributed by atoms with E-state index in [0.29, 0.717) is 0 Å². The van der Waals surface area contributed by atoms with Crippen LogP contribution in [0.4, 0.5) is 0 Å². The largest absolute Gasteiger partial charge is 0.394 e. The molecule has 1 aromatic heterocycles. The van der Waals surface area contributed by atoms with Gasteiger partial charge in [0.25, 0.3) is 0 Å². The Morgan fingerprint density at radius 1 is 1.64 bits per heavy atom. The van der Waals surface area contributed by atoms with Crippen molar-refractivity contribution in [3.63, 3.8) is 0 Å². The minimum absolute atomic E-state index is 0.0880. The van der Waals surface area contributed by atoms with E-state index < -0.39 is 0 Å². The SMILES string of the molecule is CN(C)C(CO)c1ccc[nH]1.